The van der Waals surface area contributed by atoms with Crippen LogP contribution in [-0.4, -0.2) is 10.1 Å². The molecule has 2 heterocycles. The highest BCUT2D eigenvalue weighted by Crippen LogP contribution is 2.12. The molecular weight excluding hydrogens is 128 g/mol. The number of fused-ring (bicyclic) bond motifs is 1. The van der Waals surface area contributed by atoms with E-state index >= 15 is 0 Å². The van der Waals surface area contributed by atoms with Gasteiger partial charge in [-0.1, -0.05) is 5.16 Å². The first-order valence-electron chi connectivity index (χ1n) is 3.05. The number of rotatable bonds is 0. The monoisotopic (exact) mass is 134 g/mol. The van der Waals surface area contributed by atoms with Crippen molar-refractivity contribution < 1.29 is 4.52 Å². The predicted octanol–water partition coefficient (Wildman–Crippen LogP) is 1.53. The summed E-state index contributed by atoms with van der Waals surface area (Å²) in [6.07, 6.45) is 1.73. The van der Waals surface area contributed by atoms with Gasteiger partial charge in [0.05, 0.1) is 0 Å². The molecule has 0 aromatic carbocycles. The zero-order valence-corrected chi connectivity index (χ0v) is 5.53. The Morgan fingerprint density at radius 1 is 1.50 bits per heavy atom. The Labute approximate surface area is 57.7 Å². The minimum Gasteiger partial charge on any atom is -0.359 e. The maximum atomic E-state index is 4.90. The van der Waals surface area contributed by atoms with Gasteiger partial charge in [0.25, 0.3) is 0 Å². The summed E-state index contributed by atoms with van der Waals surface area (Å²) in [4.78, 5) is 4.08. The van der Waals surface area contributed by atoms with Gasteiger partial charge < -0.3 is 4.52 Å². The Balaban J connectivity index is 2.93. The van der Waals surface area contributed by atoms with E-state index in [2.05, 4.69) is 10.1 Å². The van der Waals surface area contributed by atoms with Crippen molar-refractivity contribution in [3.05, 3.63) is 24.1 Å². The van der Waals surface area contributed by atoms with Crippen LogP contribution in [0.25, 0.3) is 11.0 Å². The van der Waals surface area contributed by atoms with Crippen molar-refractivity contribution in [2.45, 2.75) is 6.92 Å². The van der Waals surface area contributed by atoms with Gasteiger partial charge in [0.1, 0.15) is 11.0 Å². The largest absolute Gasteiger partial charge is 0.359 e. The fourth-order valence-corrected chi connectivity index (χ4v) is 0.903. The quantitative estimate of drug-likeness (QED) is 0.548. The number of pyridine rings is 1. The van der Waals surface area contributed by atoms with Crippen LogP contribution in [0.2, 0.25) is 0 Å². The molecule has 2 aromatic rings. The van der Waals surface area contributed by atoms with Gasteiger partial charge in [0.2, 0.25) is 0 Å². The zero-order chi connectivity index (χ0) is 6.97. The van der Waals surface area contributed by atoms with Crippen molar-refractivity contribution in [2.24, 2.45) is 0 Å². The molecule has 3 nitrogen and oxygen atoms in total. The molecule has 2 rings (SSSR count). The van der Waals surface area contributed by atoms with Crippen molar-refractivity contribution in [1.82, 2.24) is 10.1 Å². The van der Waals surface area contributed by atoms with E-state index in [1.54, 1.807) is 6.20 Å². The SMILES string of the molecule is Cc1onc2cccnc12. The van der Waals surface area contributed by atoms with Crippen LogP contribution < -0.4 is 0 Å². The Morgan fingerprint density at radius 2 is 2.40 bits per heavy atom. The summed E-state index contributed by atoms with van der Waals surface area (Å²) in [5.41, 5.74) is 1.67. The Kier molecular flexibility index (Phi) is 0.974. The lowest BCUT2D eigenvalue weighted by Crippen LogP contribution is -1.72. The molecule has 0 saturated carbocycles. The number of hydrogen-bond acceptors (Lipinski definition) is 3. The van der Waals surface area contributed by atoms with Crippen molar-refractivity contribution >= 4 is 11.0 Å². The molecule has 3 heteroatoms. The van der Waals surface area contributed by atoms with E-state index in [9.17, 15) is 0 Å². The van der Waals surface area contributed by atoms with Gasteiger partial charge in [-0.3, -0.25) is 4.98 Å². The molecule has 0 amide bonds. The van der Waals surface area contributed by atoms with Gasteiger partial charge >= 0.3 is 0 Å². The lowest BCUT2D eigenvalue weighted by molar-refractivity contribution is 0.405. The number of hydrogen-bond donors (Lipinski definition) is 0. The highest BCUT2D eigenvalue weighted by Gasteiger charge is 2.01. The molecule has 50 valence electrons. The average Bonchev–Trinajstić information content (AvgIpc) is 2.34. The Hall–Kier alpha value is -1.38. The molecule has 0 bridgehead atoms. The number of nitrogens with zero attached hydrogens (tertiary/aromatic N) is 2. The standard InChI is InChI=1S/C7H6N2O/c1-5-7-6(9-10-5)3-2-4-8-7/h2-4H,1H3. The second kappa shape index (κ2) is 1.80. The summed E-state index contributed by atoms with van der Waals surface area (Å²) in [6, 6.07) is 3.71. The fourth-order valence-electron chi connectivity index (χ4n) is 0.903. The van der Waals surface area contributed by atoms with E-state index in [0.717, 1.165) is 16.8 Å². The predicted molar refractivity (Wildman–Crippen MR) is 36.5 cm³/mol. The van der Waals surface area contributed by atoms with Gasteiger partial charge in [0.15, 0.2) is 5.76 Å². The third kappa shape index (κ3) is 0.603. The third-order valence-corrected chi connectivity index (χ3v) is 1.40. The van der Waals surface area contributed by atoms with Crippen LogP contribution in [0, 0.1) is 6.92 Å². The van der Waals surface area contributed by atoms with Crippen LogP contribution in [-0.2, 0) is 0 Å². The molecule has 0 fully saturated rings. The molecular formula is C7H6N2O. The van der Waals surface area contributed by atoms with Crippen molar-refractivity contribution in [3.63, 3.8) is 0 Å². The fraction of sp³-hybridized carbons (Fsp3) is 0.143. The van der Waals surface area contributed by atoms with E-state index in [1.807, 2.05) is 19.1 Å². The van der Waals surface area contributed by atoms with E-state index in [-0.39, 0.29) is 0 Å². The van der Waals surface area contributed by atoms with Gasteiger partial charge in [-0.05, 0) is 19.1 Å². The first kappa shape index (κ1) is 5.41. The lowest BCUT2D eigenvalue weighted by Gasteiger charge is -1.81. The van der Waals surface area contributed by atoms with E-state index < -0.39 is 0 Å². The Bertz CT molecular complexity index is 353. The van der Waals surface area contributed by atoms with Gasteiger partial charge in [-0.25, -0.2) is 0 Å². The molecule has 0 aliphatic rings. The van der Waals surface area contributed by atoms with E-state index in [4.69, 9.17) is 4.52 Å². The summed E-state index contributed by atoms with van der Waals surface area (Å²) < 4.78 is 4.90. The normalized spacial score (nSPS) is 10.5. The van der Waals surface area contributed by atoms with Crippen LogP contribution in [0.1, 0.15) is 5.76 Å². The number of aryl methyl sites for hydroxylation is 1. The van der Waals surface area contributed by atoms with Crippen LogP contribution >= 0.6 is 0 Å². The van der Waals surface area contributed by atoms with E-state index in [0.29, 0.717) is 0 Å². The second-order valence-corrected chi connectivity index (χ2v) is 2.11. The minimum atomic E-state index is 0.774. The van der Waals surface area contributed by atoms with Gasteiger partial charge in [-0.2, -0.15) is 0 Å². The summed E-state index contributed by atoms with van der Waals surface area (Å²) >= 11 is 0. The Morgan fingerprint density at radius 3 is 3.20 bits per heavy atom. The molecule has 0 spiro atoms. The number of aromatic nitrogens is 2. The third-order valence-electron chi connectivity index (χ3n) is 1.40. The summed E-state index contributed by atoms with van der Waals surface area (Å²) in [7, 11) is 0. The maximum Gasteiger partial charge on any atom is 0.159 e. The molecule has 0 unspecified atom stereocenters. The molecule has 0 N–H and O–H groups in total. The minimum absolute atomic E-state index is 0.774. The molecule has 2 aromatic heterocycles. The molecule has 0 radical (unpaired) electrons. The van der Waals surface area contributed by atoms with Crippen LogP contribution in [0.5, 0.6) is 0 Å². The van der Waals surface area contributed by atoms with Crippen molar-refractivity contribution in [2.75, 3.05) is 0 Å². The second-order valence-electron chi connectivity index (χ2n) is 2.11. The summed E-state index contributed by atoms with van der Waals surface area (Å²) in [6.45, 7) is 1.85. The smallest absolute Gasteiger partial charge is 0.159 e. The topological polar surface area (TPSA) is 38.9 Å². The van der Waals surface area contributed by atoms with E-state index in [1.165, 1.54) is 0 Å². The average molecular weight is 134 g/mol. The van der Waals surface area contributed by atoms with Gasteiger partial charge in [0, 0.05) is 6.20 Å². The first-order valence-corrected chi connectivity index (χ1v) is 3.05. The highest BCUT2D eigenvalue weighted by molar-refractivity contribution is 5.74. The summed E-state index contributed by atoms with van der Waals surface area (Å²) in [5, 5.41) is 3.78. The highest BCUT2D eigenvalue weighted by atomic mass is 16.5. The first-order chi connectivity index (χ1) is 4.88. The van der Waals surface area contributed by atoms with Crippen LogP contribution in [0.3, 0.4) is 0 Å². The summed E-state index contributed by atoms with van der Waals surface area (Å²) in [5.74, 6) is 0.774. The maximum absolute atomic E-state index is 4.90. The lowest BCUT2D eigenvalue weighted by atomic mass is 10.3. The molecule has 0 aliphatic heterocycles. The molecule has 0 saturated heterocycles. The molecule has 10 heavy (non-hydrogen) atoms. The van der Waals surface area contributed by atoms with Crippen LogP contribution in [0.4, 0.5) is 0 Å². The molecule has 0 aliphatic carbocycles. The molecule has 0 atom stereocenters. The zero-order valence-electron chi connectivity index (χ0n) is 5.53. The van der Waals surface area contributed by atoms with Crippen molar-refractivity contribution in [3.8, 4) is 0 Å². The van der Waals surface area contributed by atoms with Gasteiger partial charge in [-0.15, -0.1) is 0 Å². The van der Waals surface area contributed by atoms with Crippen LogP contribution in [0.15, 0.2) is 22.9 Å². The van der Waals surface area contributed by atoms with Crippen molar-refractivity contribution in [1.29, 1.82) is 0 Å².